The van der Waals surface area contributed by atoms with E-state index in [2.05, 4.69) is 0 Å². The topological polar surface area (TPSA) is 191 Å². The van der Waals surface area contributed by atoms with Gasteiger partial charge in [0.2, 0.25) is 5.78 Å². The largest absolute Gasteiger partial charge is 0.493 e. The minimum atomic E-state index is -1.64. The van der Waals surface area contributed by atoms with E-state index in [0.29, 0.717) is 6.42 Å². The molecular weight excluding hydrogens is 568 g/mol. The average Bonchev–Trinajstić information content (AvgIpc) is 2.93. The Labute approximate surface area is 251 Å². The number of ether oxygens (including phenoxy) is 6. The van der Waals surface area contributed by atoms with Gasteiger partial charge in [0.1, 0.15) is 36.6 Å². The summed E-state index contributed by atoms with van der Waals surface area (Å²) in [7, 11) is 2.87. The lowest BCUT2D eigenvalue weighted by atomic mass is 9.37. The van der Waals surface area contributed by atoms with Gasteiger partial charge in [-0.1, -0.05) is 20.8 Å². The number of hydrogen-bond acceptors (Lipinski definition) is 13. The Morgan fingerprint density at radius 2 is 1.74 bits per heavy atom. The Hall–Kier alpha value is -1.68. The molecule has 2 saturated heterocycles. The predicted molar refractivity (Wildman–Crippen MR) is 146 cm³/mol. The Morgan fingerprint density at radius 3 is 2.33 bits per heavy atom. The van der Waals surface area contributed by atoms with Crippen molar-refractivity contribution in [3.8, 4) is 0 Å². The van der Waals surface area contributed by atoms with Crippen molar-refractivity contribution in [2.24, 2.45) is 34.5 Å². The van der Waals surface area contributed by atoms with E-state index in [0.717, 1.165) is 0 Å². The SMILES string of the molecule is COC1=C[C@@H](C)[C@@H]2C[C@H]3O[C@@H](O[C@@H]4O[C@H](CO)[C@@H](O)[C@H](O)[C@H]4O)C[C@H]4[C@](C)(O)[C@@H](OC)[C@@H](OC(C)=O)[C@H]([C@@]2(C)C1=O)[C@@]34C. The maximum atomic E-state index is 14.2. The number of aliphatic hydroxyl groups is 5. The molecule has 0 aromatic carbocycles. The number of hydrogen-bond donors (Lipinski definition) is 5. The van der Waals surface area contributed by atoms with E-state index in [4.69, 9.17) is 28.4 Å². The summed E-state index contributed by atoms with van der Waals surface area (Å²) in [5.41, 5.74) is -3.62. The van der Waals surface area contributed by atoms with E-state index in [9.17, 15) is 35.1 Å². The Kier molecular flexibility index (Phi) is 8.58. The molecule has 0 bridgehead atoms. The molecule has 0 radical (unpaired) electrons. The summed E-state index contributed by atoms with van der Waals surface area (Å²) >= 11 is 0. The monoisotopic (exact) mass is 614 g/mol. The zero-order chi connectivity index (χ0) is 31.8. The van der Waals surface area contributed by atoms with Gasteiger partial charge in [-0.3, -0.25) is 9.59 Å². The van der Waals surface area contributed by atoms with Gasteiger partial charge in [0, 0.05) is 43.1 Å². The summed E-state index contributed by atoms with van der Waals surface area (Å²) in [5, 5.41) is 53.0. The highest BCUT2D eigenvalue weighted by molar-refractivity contribution is 5.99. The van der Waals surface area contributed by atoms with E-state index in [1.165, 1.54) is 21.1 Å². The van der Waals surface area contributed by atoms with E-state index >= 15 is 0 Å². The first-order valence-corrected chi connectivity index (χ1v) is 14.9. The molecule has 0 unspecified atom stereocenters. The number of aliphatic hydroxyl groups excluding tert-OH is 4. The van der Waals surface area contributed by atoms with E-state index < -0.39 is 96.2 Å². The first kappa shape index (κ1) is 32.7. The highest BCUT2D eigenvalue weighted by Crippen LogP contribution is 2.70. The van der Waals surface area contributed by atoms with Crippen LogP contribution in [0, 0.1) is 34.5 Å². The smallest absolute Gasteiger partial charge is 0.303 e. The van der Waals surface area contributed by atoms with Crippen molar-refractivity contribution < 1.29 is 63.5 Å². The molecule has 13 heteroatoms. The molecule has 43 heavy (non-hydrogen) atoms. The van der Waals surface area contributed by atoms with Crippen LogP contribution in [0.5, 0.6) is 0 Å². The summed E-state index contributed by atoms with van der Waals surface area (Å²) in [6.45, 7) is 8.09. The van der Waals surface area contributed by atoms with Crippen molar-refractivity contribution in [1.29, 1.82) is 0 Å². The van der Waals surface area contributed by atoms with Crippen molar-refractivity contribution in [3.63, 3.8) is 0 Å². The number of rotatable bonds is 6. The molecule has 16 atom stereocenters. The van der Waals surface area contributed by atoms with Crippen LogP contribution in [0.3, 0.4) is 0 Å². The first-order valence-electron chi connectivity index (χ1n) is 14.9. The molecule has 2 heterocycles. The van der Waals surface area contributed by atoms with Gasteiger partial charge in [0.25, 0.3) is 0 Å². The maximum absolute atomic E-state index is 14.2. The third-order valence-electron chi connectivity index (χ3n) is 11.3. The van der Waals surface area contributed by atoms with Crippen molar-refractivity contribution >= 4 is 11.8 Å². The molecule has 2 aliphatic heterocycles. The second kappa shape index (κ2) is 11.3. The molecule has 0 aromatic rings. The van der Waals surface area contributed by atoms with Crippen molar-refractivity contribution in [1.82, 2.24) is 0 Å². The molecule has 5 N–H and O–H groups in total. The van der Waals surface area contributed by atoms with Crippen LogP contribution in [0.2, 0.25) is 0 Å². The van der Waals surface area contributed by atoms with Crippen LogP contribution in [-0.4, -0.2) is 119 Å². The molecule has 0 spiro atoms. The van der Waals surface area contributed by atoms with E-state index in [1.807, 2.05) is 20.8 Å². The lowest BCUT2D eigenvalue weighted by molar-refractivity contribution is -0.392. The number of ketones is 1. The van der Waals surface area contributed by atoms with Gasteiger partial charge in [-0.05, 0) is 31.3 Å². The van der Waals surface area contributed by atoms with Crippen LogP contribution >= 0.6 is 0 Å². The number of esters is 1. The van der Waals surface area contributed by atoms with Gasteiger partial charge < -0.3 is 54.0 Å². The van der Waals surface area contributed by atoms with Gasteiger partial charge in [-0.2, -0.15) is 0 Å². The van der Waals surface area contributed by atoms with Crippen LogP contribution in [0.4, 0.5) is 0 Å². The Morgan fingerprint density at radius 1 is 1.07 bits per heavy atom. The highest BCUT2D eigenvalue weighted by Gasteiger charge is 2.76. The standard InChI is InChI=1S/C30H46O13/c1-12-8-15(38-6)25(36)28(3)14(12)9-18-29(4)17(30(5,37)26(39-7)23(24(28)29)40-13(2)32)10-19(42-18)43-27-22(35)21(34)20(33)16(11-31)41-27/h8,12,14,16-24,26-27,31,33-35,37H,9-11H2,1-7H3/t12-,14+,16-,17-,18-,19+,20-,21+,22-,23+,24-,26+,27+,28+,29-,30+/m1/s1. The molecule has 5 aliphatic rings. The molecule has 5 rings (SSSR count). The van der Waals surface area contributed by atoms with Gasteiger partial charge >= 0.3 is 5.97 Å². The number of Topliss-reactive ketones (excluding diaryl/α,β-unsaturated/α-hetero) is 1. The highest BCUT2D eigenvalue weighted by atomic mass is 16.8. The predicted octanol–water partition coefficient (Wildman–Crippen LogP) is -0.357. The van der Waals surface area contributed by atoms with Crippen LogP contribution in [-0.2, 0) is 38.0 Å². The van der Waals surface area contributed by atoms with Crippen LogP contribution in [0.1, 0.15) is 47.5 Å². The minimum Gasteiger partial charge on any atom is -0.493 e. The molecule has 3 aliphatic carbocycles. The summed E-state index contributed by atoms with van der Waals surface area (Å²) in [4.78, 5) is 26.8. The van der Waals surface area contributed by atoms with Crippen LogP contribution in [0.25, 0.3) is 0 Å². The summed E-state index contributed by atoms with van der Waals surface area (Å²) < 4.78 is 35.6. The van der Waals surface area contributed by atoms with Gasteiger partial charge in [0.05, 0.1) is 25.4 Å². The van der Waals surface area contributed by atoms with Gasteiger partial charge in [-0.25, -0.2) is 0 Å². The molecule has 0 aromatic heterocycles. The quantitative estimate of drug-likeness (QED) is 0.244. The third-order valence-corrected chi connectivity index (χ3v) is 11.3. The molecular formula is C30H46O13. The number of carbonyl (C=O) groups is 2. The van der Waals surface area contributed by atoms with Gasteiger partial charge in [0.15, 0.2) is 18.3 Å². The zero-order valence-electron chi connectivity index (χ0n) is 25.7. The maximum Gasteiger partial charge on any atom is 0.303 e. The Bertz CT molecular complexity index is 1120. The normalized spacial score (nSPS) is 52.9. The number of fused-ring (bicyclic) bond motifs is 2. The average molecular weight is 615 g/mol. The second-order valence-electron chi connectivity index (χ2n) is 13.5. The van der Waals surface area contributed by atoms with Gasteiger partial charge in [-0.15, -0.1) is 0 Å². The van der Waals surface area contributed by atoms with Crippen LogP contribution < -0.4 is 0 Å². The lowest BCUT2D eigenvalue weighted by Gasteiger charge is -2.71. The molecule has 4 fully saturated rings. The van der Waals surface area contributed by atoms with Crippen LogP contribution in [0.15, 0.2) is 11.8 Å². The number of allylic oxidation sites excluding steroid dienone is 2. The first-order chi connectivity index (χ1) is 20.1. The fourth-order valence-corrected chi connectivity index (χ4v) is 9.44. The fraction of sp³-hybridized carbons (Fsp3) is 0.867. The lowest BCUT2D eigenvalue weighted by Crippen LogP contribution is -2.78. The molecule has 0 amide bonds. The second-order valence-corrected chi connectivity index (χ2v) is 13.5. The minimum absolute atomic E-state index is 0.0651. The zero-order valence-corrected chi connectivity index (χ0v) is 25.7. The summed E-state index contributed by atoms with van der Waals surface area (Å²) in [6, 6.07) is 0. The van der Waals surface area contributed by atoms with Crippen molar-refractivity contribution in [2.45, 2.75) is 108 Å². The third kappa shape index (κ3) is 4.69. The molecule has 244 valence electrons. The Balaban J connectivity index is 1.60. The van der Waals surface area contributed by atoms with E-state index in [1.54, 1.807) is 13.0 Å². The molecule has 13 nitrogen and oxygen atoms in total. The van der Waals surface area contributed by atoms with E-state index in [-0.39, 0.29) is 29.8 Å². The number of carbonyl (C=O) groups excluding carboxylic acids is 2. The van der Waals surface area contributed by atoms with Crippen molar-refractivity contribution in [3.05, 3.63) is 11.8 Å². The summed E-state index contributed by atoms with van der Waals surface area (Å²) in [6.07, 6.45) is -8.89. The number of methoxy groups -OCH3 is 2. The fourth-order valence-electron chi connectivity index (χ4n) is 9.44. The summed E-state index contributed by atoms with van der Waals surface area (Å²) in [5.74, 6) is -2.25. The molecule has 2 saturated carbocycles. The van der Waals surface area contributed by atoms with Crippen molar-refractivity contribution in [2.75, 3.05) is 20.8 Å².